The molecule has 82 heavy (non-hydrogen) atoms. The summed E-state index contributed by atoms with van der Waals surface area (Å²) in [6, 6.07) is 109. The molecule has 0 saturated carbocycles. The molecular weight excluding hydrogens is 993 g/mol. The van der Waals surface area contributed by atoms with Crippen LogP contribution in [0.3, 0.4) is 0 Å². The molecule has 0 N–H and O–H groups in total. The van der Waals surface area contributed by atoms with Crippen LogP contribution in [0, 0.1) is 0 Å². The zero-order valence-corrected chi connectivity index (χ0v) is 44.7. The molecule has 15 aromatic carbocycles. The van der Waals surface area contributed by atoms with Gasteiger partial charge in [-0.3, -0.25) is 0 Å². The van der Waals surface area contributed by atoms with Crippen LogP contribution in [0.15, 0.2) is 312 Å². The third-order valence-electron chi connectivity index (χ3n) is 16.8. The van der Waals surface area contributed by atoms with E-state index in [-0.39, 0.29) is 0 Å². The molecule has 0 aliphatic heterocycles. The summed E-state index contributed by atoms with van der Waals surface area (Å²) in [5.41, 5.74) is 18.6. The summed E-state index contributed by atoms with van der Waals surface area (Å²) in [5.74, 6) is 0. The fraction of sp³-hybridized carbons (Fsp3) is 0. The molecule has 382 valence electrons. The van der Waals surface area contributed by atoms with Gasteiger partial charge in [-0.2, -0.15) is 0 Å². The van der Waals surface area contributed by atoms with Crippen LogP contribution in [0.4, 0.5) is 0 Å². The van der Waals surface area contributed by atoms with Crippen LogP contribution >= 0.6 is 0 Å². The lowest BCUT2D eigenvalue weighted by molar-refractivity contribution is 0.668. The Balaban J connectivity index is 0.000000136. The molecule has 0 bridgehead atoms. The van der Waals surface area contributed by atoms with Crippen LogP contribution in [0.5, 0.6) is 0 Å². The minimum absolute atomic E-state index is 0.919. The zero-order chi connectivity index (χ0) is 54.1. The zero-order valence-electron chi connectivity index (χ0n) is 44.7. The Kier molecular flexibility index (Phi) is 11.2. The molecule has 0 aliphatic rings. The number of benzene rings is 15. The minimum atomic E-state index is 0.919. The van der Waals surface area contributed by atoms with E-state index in [0.29, 0.717) is 0 Å². The Morgan fingerprint density at radius 2 is 0.427 bits per heavy atom. The normalized spacial score (nSPS) is 11.7. The maximum Gasteiger partial charge on any atom is 0.135 e. The Morgan fingerprint density at radius 1 is 0.146 bits per heavy atom. The molecule has 0 amide bonds. The number of para-hydroxylation sites is 2. The Bertz CT molecular complexity index is 5200. The van der Waals surface area contributed by atoms with Crippen molar-refractivity contribution in [3.63, 3.8) is 0 Å². The van der Waals surface area contributed by atoms with Crippen molar-refractivity contribution in [1.82, 2.24) is 0 Å². The van der Waals surface area contributed by atoms with Gasteiger partial charge in [0.1, 0.15) is 22.3 Å². The first-order chi connectivity index (χ1) is 40.7. The van der Waals surface area contributed by atoms with E-state index in [9.17, 15) is 0 Å². The minimum Gasteiger partial charge on any atom is -0.456 e. The van der Waals surface area contributed by atoms with Crippen LogP contribution in [-0.4, -0.2) is 0 Å². The molecule has 0 atom stereocenters. The Morgan fingerprint density at radius 3 is 0.866 bits per heavy atom. The third kappa shape index (κ3) is 7.80. The van der Waals surface area contributed by atoms with Crippen LogP contribution in [0.25, 0.3) is 165 Å². The molecule has 2 aromatic heterocycles. The molecular formula is C80H50O2. The van der Waals surface area contributed by atoms with Crippen molar-refractivity contribution in [3.8, 4) is 66.8 Å². The van der Waals surface area contributed by atoms with Crippen molar-refractivity contribution < 1.29 is 8.83 Å². The predicted molar refractivity (Wildman–Crippen MR) is 348 cm³/mol. The first-order valence-corrected chi connectivity index (χ1v) is 28.1. The van der Waals surface area contributed by atoms with Crippen LogP contribution in [0.1, 0.15) is 0 Å². The van der Waals surface area contributed by atoms with Gasteiger partial charge in [-0.15, -0.1) is 0 Å². The van der Waals surface area contributed by atoms with Crippen molar-refractivity contribution in [2.75, 3.05) is 0 Å². The highest BCUT2D eigenvalue weighted by Crippen LogP contribution is 2.48. The van der Waals surface area contributed by atoms with Gasteiger partial charge >= 0.3 is 0 Å². The largest absolute Gasteiger partial charge is 0.456 e. The molecule has 0 spiro atoms. The van der Waals surface area contributed by atoms with Gasteiger partial charge in [0.05, 0.1) is 0 Å². The van der Waals surface area contributed by atoms with Gasteiger partial charge < -0.3 is 8.83 Å². The number of hydrogen-bond donors (Lipinski definition) is 0. The number of rotatable bonds is 6. The summed E-state index contributed by atoms with van der Waals surface area (Å²) in [6.07, 6.45) is 0. The first kappa shape index (κ1) is 47.2. The van der Waals surface area contributed by atoms with E-state index >= 15 is 0 Å². The highest BCUT2D eigenvalue weighted by Gasteiger charge is 2.21. The molecule has 2 heteroatoms. The molecule has 17 aromatic rings. The van der Waals surface area contributed by atoms with E-state index in [4.69, 9.17) is 8.83 Å². The fourth-order valence-corrected chi connectivity index (χ4v) is 13.1. The van der Waals surface area contributed by atoms with E-state index in [1.165, 1.54) is 121 Å². The average molecular weight is 1040 g/mol. The highest BCUT2D eigenvalue weighted by molar-refractivity contribution is 6.25. The topological polar surface area (TPSA) is 26.3 Å². The average Bonchev–Trinajstić information content (AvgIpc) is 4.22. The second-order valence-corrected chi connectivity index (χ2v) is 21.3. The number of fused-ring (bicyclic) bond motifs is 11. The smallest absolute Gasteiger partial charge is 0.135 e. The van der Waals surface area contributed by atoms with Crippen molar-refractivity contribution in [2.24, 2.45) is 0 Å². The van der Waals surface area contributed by atoms with Gasteiger partial charge in [-0.05, 0) is 157 Å². The maximum atomic E-state index is 6.13. The van der Waals surface area contributed by atoms with Gasteiger partial charge in [0.15, 0.2) is 0 Å². The molecule has 17 rings (SSSR count). The van der Waals surface area contributed by atoms with Crippen LogP contribution in [-0.2, 0) is 0 Å². The molecule has 2 nitrogen and oxygen atoms in total. The van der Waals surface area contributed by atoms with Crippen LogP contribution < -0.4 is 0 Å². The van der Waals surface area contributed by atoms with Gasteiger partial charge in [0, 0.05) is 21.5 Å². The highest BCUT2D eigenvalue weighted by atomic mass is 16.3. The summed E-state index contributed by atoms with van der Waals surface area (Å²) in [7, 11) is 0. The van der Waals surface area contributed by atoms with Crippen molar-refractivity contribution in [2.45, 2.75) is 0 Å². The molecule has 0 aliphatic carbocycles. The third-order valence-corrected chi connectivity index (χ3v) is 16.8. The lowest BCUT2D eigenvalue weighted by atomic mass is 9.84. The van der Waals surface area contributed by atoms with E-state index in [1.807, 2.05) is 24.3 Å². The molecule has 0 fully saturated rings. The second kappa shape index (κ2) is 19.5. The number of hydrogen-bond acceptors (Lipinski definition) is 2. The fourth-order valence-electron chi connectivity index (χ4n) is 13.1. The SMILES string of the molecule is c1ccc(-c2c3ccccc3c(-c3ccc(-c4ccc5oc6ccccc6c5c4)c4ccccc34)c3ccccc23)cc1.c1ccc(-c2c3ccccc3c(-c3ccc(-c4ccc5oc6ccccc6c5c4)cc3)c3ccccc23)cc1. The van der Waals surface area contributed by atoms with Crippen molar-refractivity contribution in [1.29, 1.82) is 0 Å². The Hall–Kier alpha value is -10.8. The van der Waals surface area contributed by atoms with E-state index in [0.717, 1.165) is 43.9 Å². The summed E-state index contributed by atoms with van der Waals surface area (Å²) >= 11 is 0. The second-order valence-electron chi connectivity index (χ2n) is 21.3. The van der Waals surface area contributed by atoms with Crippen molar-refractivity contribution >= 4 is 97.7 Å². The lowest BCUT2D eigenvalue weighted by Gasteiger charge is -2.19. The lowest BCUT2D eigenvalue weighted by Crippen LogP contribution is -1.92. The van der Waals surface area contributed by atoms with Gasteiger partial charge in [-0.1, -0.05) is 267 Å². The summed E-state index contributed by atoms with van der Waals surface area (Å²) in [4.78, 5) is 0. The first-order valence-electron chi connectivity index (χ1n) is 28.1. The number of furan rings is 2. The molecule has 0 saturated heterocycles. The monoisotopic (exact) mass is 1040 g/mol. The van der Waals surface area contributed by atoms with Crippen molar-refractivity contribution in [3.05, 3.63) is 303 Å². The molecule has 2 heterocycles. The predicted octanol–water partition coefficient (Wildman–Crippen LogP) is 22.9. The molecule has 0 unspecified atom stereocenters. The van der Waals surface area contributed by atoms with Crippen LogP contribution in [0.2, 0.25) is 0 Å². The van der Waals surface area contributed by atoms with Gasteiger partial charge in [-0.25, -0.2) is 0 Å². The maximum absolute atomic E-state index is 6.13. The van der Waals surface area contributed by atoms with Gasteiger partial charge in [0.2, 0.25) is 0 Å². The van der Waals surface area contributed by atoms with E-state index < -0.39 is 0 Å². The van der Waals surface area contributed by atoms with Gasteiger partial charge in [0.25, 0.3) is 0 Å². The quantitative estimate of drug-likeness (QED) is 0.155. The Labute approximate surface area is 474 Å². The van der Waals surface area contributed by atoms with E-state index in [1.54, 1.807) is 0 Å². The van der Waals surface area contributed by atoms with E-state index in [2.05, 4.69) is 279 Å². The summed E-state index contributed by atoms with van der Waals surface area (Å²) in [6.45, 7) is 0. The summed E-state index contributed by atoms with van der Waals surface area (Å²) < 4.78 is 12.2. The standard InChI is InChI=1S/C42H26O.C38H24O/c1-2-12-27(13-3-1)41-33-17-6-8-19-35(33)42(36-20-9-7-18-34(36)41)37-24-23-29(30-14-4-5-15-31(30)37)28-22-25-40-38(26-28)32-16-10-11-21-39(32)43-40;1-2-10-26(11-3-1)37-30-13-4-6-15-32(30)38(33-16-7-5-14-31(33)37)27-20-18-25(19-21-27)28-22-23-36-34(24-28)29-12-8-9-17-35(29)39-36/h1-26H;1-24H. The molecule has 0 radical (unpaired) electrons. The summed E-state index contributed by atoms with van der Waals surface area (Å²) in [5, 5.41) is 17.3.